The lowest BCUT2D eigenvalue weighted by Gasteiger charge is -2.32. The molecule has 1 aliphatic heterocycles. The van der Waals surface area contributed by atoms with Gasteiger partial charge in [0.25, 0.3) is 0 Å². The van der Waals surface area contributed by atoms with Gasteiger partial charge in [0.05, 0.1) is 6.54 Å². The molecule has 1 heterocycles. The molecule has 1 atom stereocenters. The fraction of sp³-hybridized carbons (Fsp3) is 0.462. The summed E-state index contributed by atoms with van der Waals surface area (Å²) >= 11 is 0. The molecular weight excluding hydrogens is 238 g/mol. The van der Waals surface area contributed by atoms with Crippen molar-refractivity contribution >= 4 is 5.91 Å². The number of amides is 1. The number of carbonyl (C=O) groups is 1. The molecule has 0 bridgehead atoms. The fourth-order valence-corrected chi connectivity index (χ4v) is 2.50. The summed E-state index contributed by atoms with van der Waals surface area (Å²) in [6, 6.07) is 3.51. The molecule has 5 heteroatoms. The Morgan fingerprint density at radius 3 is 2.94 bits per heavy atom. The zero-order valence-electron chi connectivity index (χ0n) is 10.0. The van der Waals surface area contributed by atoms with E-state index in [-0.39, 0.29) is 18.3 Å². The number of halogens is 2. The molecule has 2 rings (SSSR count). The predicted molar refractivity (Wildman–Crippen MR) is 64.0 cm³/mol. The van der Waals surface area contributed by atoms with E-state index in [1.807, 2.05) is 4.90 Å². The molecule has 0 spiro atoms. The summed E-state index contributed by atoms with van der Waals surface area (Å²) in [5, 5.41) is 0. The molecule has 1 fully saturated rings. The maximum Gasteiger partial charge on any atom is 0.231 e. The van der Waals surface area contributed by atoms with Crippen LogP contribution >= 0.6 is 0 Å². The Morgan fingerprint density at radius 1 is 1.44 bits per heavy atom. The predicted octanol–water partition coefficient (Wildman–Crippen LogP) is 1.63. The van der Waals surface area contributed by atoms with Gasteiger partial charge < -0.3 is 5.73 Å². The van der Waals surface area contributed by atoms with Crippen LogP contribution in [0.15, 0.2) is 18.2 Å². The van der Waals surface area contributed by atoms with Crippen molar-refractivity contribution in [2.45, 2.75) is 18.8 Å². The molecule has 98 valence electrons. The summed E-state index contributed by atoms with van der Waals surface area (Å²) in [7, 11) is 0. The van der Waals surface area contributed by atoms with Gasteiger partial charge in [0.15, 0.2) is 0 Å². The average molecular weight is 254 g/mol. The summed E-state index contributed by atoms with van der Waals surface area (Å²) in [5.41, 5.74) is 5.54. The van der Waals surface area contributed by atoms with Gasteiger partial charge in [0.2, 0.25) is 5.91 Å². The Labute approximate surface area is 105 Å². The second-order valence-corrected chi connectivity index (χ2v) is 4.71. The number of likely N-dealkylation sites (tertiary alicyclic amines) is 1. The maximum absolute atomic E-state index is 13.7. The SMILES string of the molecule is NC(=O)CN1CCCC(c2cc(F)ccc2F)C1. The molecule has 1 aliphatic rings. The number of hydrogen-bond donors (Lipinski definition) is 1. The third kappa shape index (κ3) is 3.04. The quantitative estimate of drug-likeness (QED) is 0.891. The summed E-state index contributed by atoms with van der Waals surface area (Å²) < 4.78 is 26.8. The van der Waals surface area contributed by atoms with E-state index >= 15 is 0 Å². The van der Waals surface area contributed by atoms with Gasteiger partial charge in [-0.3, -0.25) is 9.69 Å². The Kier molecular flexibility index (Phi) is 3.91. The lowest BCUT2D eigenvalue weighted by molar-refractivity contribution is -0.119. The molecule has 1 aromatic carbocycles. The van der Waals surface area contributed by atoms with Crippen LogP contribution in [0.3, 0.4) is 0 Å². The van der Waals surface area contributed by atoms with Crippen LogP contribution in [0.2, 0.25) is 0 Å². The Bertz CT molecular complexity index is 451. The number of carbonyl (C=O) groups excluding carboxylic acids is 1. The first-order valence-corrected chi connectivity index (χ1v) is 6.02. The topological polar surface area (TPSA) is 46.3 Å². The number of piperidine rings is 1. The molecule has 0 saturated carbocycles. The molecule has 1 amide bonds. The summed E-state index contributed by atoms with van der Waals surface area (Å²) in [6.07, 6.45) is 1.66. The zero-order chi connectivity index (χ0) is 13.1. The highest BCUT2D eigenvalue weighted by Crippen LogP contribution is 2.29. The van der Waals surface area contributed by atoms with E-state index in [0.717, 1.165) is 31.5 Å². The highest BCUT2D eigenvalue weighted by Gasteiger charge is 2.24. The maximum atomic E-state index is 13.7. The van der Waals surface area contributed by atoms with Crippen LogP contribution in [0.4, 0.5) is 8.78 Å². The normalized spacial score (nSPS) is 20.9. The van der Waals surface area contributed by atoms with Crippen LogP contribution < -0.4 is 5.73 Å². The summed E-state index contributed by atoms with van der Waals surface area (Å²) in [4.78, 5) is 12.8. The van der Waals surface area contributed by atoms with E-state index in [1.165, 1.54) is 6.07 Å². The van der Waals surface area contributed by atoms with Crippen LogP contribution in [0.1, 0.15) is 24.3 Å². The highest BCUT2D eigenvalue weighted by molar-refractivity contribution is 5.75. The second-order valence-electron chi connectivity index (χ2n) is 4.71. The molecule has 1 saturated heterocycles. The lowest BCUT2D eigenvalue weighted by Crippen LogP contribution is -2.40. The van der Waals surface area contributed by atoms with Crippen molar-refractivity contribution in [3.8, 4) is 0 Å². The third-order valence-electron chi connectivity index (χ3n) is 3.28. The van der Waals surface area contributed by atoms with Crippen molar-refractivity contribution in [1.29, 1.82) is 0 Å². The number of benzene rings is 1. The first kappa shape index (κ1) is 13.0. The Hall–Kier alpha value is -1.49. The van der Waals surface area contributed by atoms with Gasteiger partial charge in [0, 0.05) is 6.54 Å². The van der Waals surface area contributed by atoms with Crippen molar-refractivity contribution in [2.24, 2.45) is 5.73 Å². The fourth-order valence-electron chi connectivity index (χ4n) is 2.50. The minimum absolute atomic E-state index is 0.0752. The largest absolute Gasteiger partial charge is 0.369 e. The number of rotatable bonds is 3. The van der Waals surface area contributed by atoms with Gasteiger partial charge in [0.1, 0.15) is 11.6 Å². The number of nitrogens with zero attached hydrogens (tertiary/aromatic N) is 1. The first-order chi connectivity index (χ1) is 8.56. The molecule has 1 unspecified atom stereocenters. The van der Waals surface area contributed by atoms with E-state index < -0.39 is 11.7 Å². The third-order valence-corrected chi connectivity index (χ3v) is 3.28. The number of hydrogen-bond acceptors (Lipinski definition) is 2. The van der Waals surface area contributed by atoms with Crippen LogP contribution in [0.5, 0.6) is 0 Å². The lowest BCUT2D eigenvalue weighted by atomic mass is 9.90. The molecule has 2 N–H and O–H groups in total. The molecule has 0 radical (unpaired) electrons. The highest BCUT2D eigenvalue weighted by atomic mass is 19.1. The summed E-state index contributed by atoms with van der Waals surface area (Å²) in [5.74, 6) is -1.29. The standard InChI is InChI=1S/C13H16F2N2O/c14-10-3-4-12(15)11(6-10)9-2-1-5-17(7-9)8-13(16)18/h3-4,6,9H,1-2,5,7-8H2,(H2,16,18). The Balaban J connectivity index is 2.12. The van der Waals surface area contributed by atoms with E-state index in [2.05, 4.69) is 0 Å². The second kappa shape index (κ2) is 5.44. The average Bonchev–Trinajstić information content (AvgIpc) is 2.32. The van der Waals surface area contributed by atoms with Crippen molar-refractivity contribution in [2.75, 3.05) is 19.6 Å². The number of primary amides is 1. The molecular formula is C13H16F2N2O. The van der Waals surface area contributed by atoms with Gasteiger partial charge in [-0.2, -0.15) is 0 Å². The molecule has 0 aliphatic carbocycles. The minimum Gasteiger partial charge on any atom is -0.369 e. The van der Waals surface area contributed by atoms with Crippen LogP contribution in [0.25, 0.3) is 0 Å². The zero-order valence-corrected chi connectivity index (χ0v) is 10.0. The van der Waals surface area contributed by atoms with E-state index in [0.29, 0.717) is 12.1 Å². The van der Waals surface area contributed by atoms with E-state index in [9.17, 15) is 13.6 Å². The minimum atomic E-state index is -0.432. The molecule has 18 heavy (non-hydrogen) atoms. The van der Waals surface area contributed by atoms with Crippen LogP contribution in [-0.4, -0.2) is 30.4 Å². The van der Waals surface area contributed by atoms with Crippen molar-refractivity contribution in [1.82, 2.24) is 4.90 Å². The van der Waals surface area contributed by atoms with E-state index in [4.69, 9.17) is 5.73 Å². The monoisotopic (exact) mass is 254 g/mol. The Morgan fingerprint density at radius 2 is 2.22 bits per heavy atom. The van der Waals surface area contributed by atoms with Gasteiger partial charge in [-0.05, 0) is 49.1 Å². The van der Waals surface area contributed by atoms with Gasteiger partial charge in [-0.25, -0.2) is 8.78 Å². The van der Waals surface area contributed by atoms with Crippen molar-refractivity contribution in [3.05, 3.63) is 35.4 Å². The summed E-state index contributed by atoms with van der Waals surface area (Å²) in [6.45, 7) is 1.49. The van der Waals surface area contributed by atoms with E-state index in [1.54, 1.807) is 0 Å². The van der Waals surface area contributed by atoms with Crippen molar-refractivity contribution in [3.63, 3.8) is 0 Å². The smallest absolute Gasteiger partial charge is 0.231 e. The molecule has 3 nitrogen and oxygen atoms in total. The molecule has 1 aromatic rings. The van der Waals surface area contributed by atoms with Gasteiger partial charge >= 0.3 is 0 Å². The van der Waals surface area contributed by atoms with Crippen LogP contribution in [-0.2, 0) is 4.79 Å². The van der Waals surface area contributed by atoms with Crippen LogP contribution in [0, 0.1) is 11.6 Å². The first-order valence-electron chi connectivity index (χ1n) is 6.02. The van der Waals surface area contributed by atoms with Gasteiger partial charge in [-0.15, -0.1) is 0 Å². The van der Waals surface area contributed by atoms with Crippen molar-refractivity contribution < 1.29 is 13.6 Å². The number of nitrogens with two attached hydrogens (primary N) is 1. The molecule has 0 aromatic heterocycles. The van der Waals surface area contributed by atoms with Gasteiger partial charge in [-0.1, -0.05) is 0 Å².